The highest BCUT2D eigenvalue weighted by Crippen LogP contribution is 2.36. The van der Waals surface area contributed by atoms with Gasteiger partial charge in [0.05, 0.1) is 11.5 Å². The number of aromatic hydroxyl groups is 3. The molecule has 0 aliphatic heterocycles. The fourth-order valence-corrected chi connectivity index (χ4v) is 2.71. The zero-order valence-electron chi connectivity index (χ0n) is 12.8. The quantitative estimate of drug-likeness (QED) is 0.639. The van der Waals surface area contributed by atoms with Crippen LogP contribution in [0, 0.1) is 0 Å². The number of phenolic OH excluding ortho intramolecular Hbond substituents is 3. The minimum absolute atomic E-state index is 0.000606. The van der Waals surface area contributed by atoms with Crippen LogP contribution in [-0.4, -0.2) is 21.1 Å². The first kappa shape index (κ1) is 15.6. The molecule has 0 saturated carbocycles. The van der Waals surface area contributed by atoms with Gasteiger partial charge in [0.25, 0.3) is 0 Å². The van der Waals surface area contributed by atoms with Gasteiger partial charge in [-0.3, -0.25) is 4.79 Å². The van der Waals surface area contributed by atoms with Crippen LogP contribution < -0.4 is 0 Å². The molecule has 0 aromatic heterocycles. The van der Waals surface area contributed by atoms with Gasteiger partial charge in [-0.15, -0.1) is 0 Å². The summed E-state index contributed by atoms with van der Waals surface area (Å²) in [5.41, 5.74) is 1.23. The molecule has 0 spiro atoms. The number of phenols is 3. The number of hydrogen-bond donors (Lipinski definition) is 3. The fraction of sp³-hybridized carbons (Fsp3) is 0.0500. The molecule has 3 N–H and O–H groups in total. The lowest BCUT2D eigenvalue weighted by Gasteiger charge is -2.19. The lowest BCUT2D eigenvalue weighted by molar-refractivity contribution is 0.0970. The minimum Gasteiger partial charge on any atom is -0.508 e. The summed E-state index contributed by atoms with van der Waals surface area (Å²) in [6, 6.07) is 19.1. The van der Waals surface area contributed by atoms with Crippen LogP contribution in [0.2, 0.25) is 0 Å². The van der Waals surface area contributed by atoms with Gasteiger partial charge in [0.1, 0.15) is 17.2 Å². The van der Waals surface area contributed by atoms with Gasteiger partial charge in [-0.1, -0.05) is 42.5 Å². The second-order valence-electron chi connectivity index (χ2n) is 5.46. The number of Topliss-reactive ketones (excluding diaryl/α,β-unsaturated/α-hetero) is 1. The fourth-order valence-electron chi connectivity index (χ4n) is 2.71. The zero-order chi connectivity index (χ0) is 17.1. The maximum Gasteiger partial charge on any atom is 0.178 e. The van der Waals surface area contributed by atoms with Crippen molar-refractivity contribution >= 4 is 5.78 Å². The molecule has 1 unspecified atom stereocenters. The van der Waals surface area contributed by atoms with Crippen molar-refractivity contribution in [1.82, 2.24) is 0 Å². The number of hydrogen-bond acceptors (Lipinski definition) is 4. The van der Waals surface area contributed by atoms with Gasteiger partial charge in [0.2, 0.25) is 0 Å². The SMILES string of the molecule is O=C(c1ccccc1O)C(c1ccc(O)cc1)c1ccccc1O. The molecular weight excluding hydrogens is 304 g/mol. The van der Waals surface area contributed by atoms with Crippen molar-refractivity contribution in [2.24, 2.45) is 0 Å². The van der Waals surface area contributed by atoms with Crippen LogP contribution in [0.3, 0.4) is 0 Å². The van der Waals surface area contributed by atoms with E-state index in [2.05, 4.69) is 0 Å². The summed E-state index contributed by atoms with van der Waals surface area (Å²) in [6.45, 7) is 0. The maximum absolute atomic E-state index is 13.1. The summed E-state index contributed by atoms with van der Waals surface area (Å²) in [5, 5.41) is 29.7. The smallest absolute Gasteiger partial charge is 0.178 e. The van der Waals surface area contributed by atoms with Crippen LogP contribution in [0.5, 0.6) is 17.2 Å². The highest BCUT2D eigenvalue weighted by atomic mass is 16.3. The molecule has 4 nitrogen and oxygen atoms in total. The Morgan fingerprint density at radius 3 is 1.92 bits per heavy atom. The Kier molecular flexibility index (Phi) is 4.20. The van der Waals surface area contributed by atoms with Crippen LogP contribution in [0.1, 0.15) is 27.4 Å². The predicted molar refractivity (Wildman–Crippen MR) is 90.5 cm³/mol. The summed E-state index contributed by atoms with van der Waals surface area (Å²) in [7, 11) is 0. The monoisotopic (exact) mass is 320 g/mol. The maximum atomic E-state index is 13.1. The van der Waals surface area contributed by atoms with E-state index in [0.29, 0.717) is 11.1 Å². The number of rotatable bonds is 4. The van der Waals surface area contributed by atoms with Crippen LogP contribution in [0.15, 0.2) is 72.8 Å². The van der Waals surface area contributed by atoms with Gasteiger partial charge in [-0.25, -0.2) is 0 Å². The van der Waals surface area contributed by atoms with Crippen LogP contribution in [-0.2, 0) is 0 Å². The predicted octanol–water partition coefficient (Wildman–Crippen LogP) is 3.82. The molecule has 0 amide bonds. The van der Waals surface area contributed by atoms with Crippen molar-refractivity contribution < 1.29 is 20.1 Å². The molecule has 0 bridgehead atoms. The summed E-state index contributed by atoms with van der Waals surface area (Å²) < 4.78 is 0. The van der Waals surface area contributed by atoms with E-state index in [1.54, 1.807) is 48.5 Å². The third-order valence-corrected chi connectivity index (χ3v) is 3.91. The molecular formula is C20H16O4. The summed E-state index contributed by atoms with van der Waals surface area (Å²) in [5.74, 6) is -1.15. The summed E-state index contributed by atoms with van der Waals surface area (Å²) in [6.07, 6.45) is 0. The van der Waals surface area contributed by atoms with E-state index >= 15 is 0 Å². The highest BCUT2D eigenvalue weighted by molar-refractivity contribution is 6.05. The van der Waals surface area contributed by atoms with Crippen molar-refractivity contribution in [3.8, 4) is 17.2 Å². The van der Waals surface area contributed by atoms with Crippen molar-refractivity contribution in [3.63, 3.8) is 0 Å². The van der Waals surface area contributed by atoms with E-state index in [1.807, 2.05) is 0 Å². The number of carbonyl (C=O) groups is 1. The van der Waals surface area contributed by atoms with Gasteiger partial charge in [-0.2, -0.15) is 0 Å². The molecule has 4 heteroatoms. The molecule has 120 valence electrons. The molecule has 0 aliphatic carbocycles. The number of carbonyl (C=O) groups excluding carboxylic acids is 1. The Morgan fingerprint density at radius 2 is 1.29 bits per heavy atom. The van der Waals surface area contributed by atoms with Gasteiger partial charge in [-0.05, 0) is 35.9 Å². The van der Waals surface area contributed by atoms with Crippen molar-refractivity contribution in [3.05, 3.63) is 89.5 Å². The second kappa shape index (κ2) is 6.46. The molecule has 3 aromatic carbocycles. The molecule has 0 radical (unpaired) electrons. The second-order valence-corrected chi connectivity index (χ2v) is 5.46. The molecule has 0 heterocycles. The Bertz CT molecular complexity index is 869. The standard InChI is InChI=1S/C20H16O4/c21-14-11-9-13(10-12-14)19(15-5-1-3-7-17(15)22)20(24)16-6-2-4-8-18(16)23/h1-12,19,21-23H. The lowest BCUT2D eigenvalue weighted by atomic mass is 9.84. The van der Waals surface area contributed by atoms with E-state index in [-0.39, 0.29) is 28.6 Å². The number of para-hydroxylation sites is 2. The van der Waals surface area contributed by atoms with Gasteiger partial charge < -0.3 is 15.3 Å². The van der Waals surface area contributed by atoms with Crippen LogP contribution >= 0.6 is 0 Å². The van der Waals surface area contributed by atoms with E-state index in [0.717, 1.165) is 0 Å². The summed E-state index contributed by atoms with van der Waals surface area (Å²) in [4.78, 5) is 13.1. The molecule has 0 fully saturated rings. The van der Waals surface area contributed by atoms with E-state index in [4.69, 9.17) is 0 Å². The first-order valence-corrected chi connectivity index (χ1v) is 7.47. The van der Waals surface area contributed by atoms with Crippen LogP contribution in [0.25, 0.3) is 0 Å². The Hall–Kier alpha value is -3.27. The summed E-state index contributed by atoms with van der Waals surface area (Å²) >= 11 is 0. The highest BCUT2D eigenvalue weighted by Gasteiger charge is 2.27. The average molecular weight is 320 g/mol. The van der Waals surface area contributed by atoms with Crippen LogP contribution in [0.4, 0.5) is 0 Å². The normalized spacial score (nSPS) is 11.8. The topological polar surface area (TPSA) is 77.8 Å². The van der Waals surface area contributed by atoms with Crippen molar-refractivity contribution in [1.29, 1.82) is 0 Å². The largest absolute Gasteiger partial charge is 0.508 e. The Morgan fingerprint density at radius 1 is 0.708 bits per heavy atom. The van der Waals surface area contributed by atoms with Gasteiger partial charge in [0, 0.05) is 5.56 Å². The van der Waals surface area contributed by atoms with Crippen molar-refractivity contribution in [2.75, 3.05) is 0 Å². The van der Waals surface area contributed by atoms with E-state index < -0.39 is 5.92 Å². The average Bonchev–Trinajstić information content (AvgIpc) is 2.59. The Labute approximate surface area is 139 Å². The van der Waals surface area contributed by atoms with E-state index in [1.165, 1.54) is 24.3 Å². The molecule has 0 saturated heterocycles. The number of benzene rings is 3. The zero-order valence-corrected chi connectivity index (χ0v) is 12.8. The molecule has 0 aliphatic rings. The molecule has 24 heavy (non-hydrogen) atoms. The molecule has 3 aromatic rings. The number of ketones is 1. The van der Waals surface area contributed by atoms with E-state index in [9.17, 15) is 20.1 Å². The van der Waals surface area contributed by atoms with Gasteiger partial charge >= 0.3 is 0 Å². The third kappa shape index (κ3) is 2.94. The first-order chi connectivity index (χ1) is 11.6. The lowest BCUT2D eigenvalue weighted by Crippen LogP contribution is -2.15. The first-order valence-electron chi connectivity index (χ1n) is 7.47. The van der Waals surface area contributed by atoms with Gasteiger partial charge in [0.15, 0.2) is 5.78 Å². The molecule has 1 atom stereocenters. The van der Waals surface area contributed by atoms with Crippen molar-refractivity contribution in [2.45, 2.75) is 5.92 Å². The molecule has 3 rings (SSSR count). The Balaban J connectivity index is 2.16. The third-order valence-electron chi connectivity index (χ3n) is 3.91. The minimum atomic E-state index is -0.792.